The molecule has 3 aromatic rings. The summed E-state index contributed by atoms with van der Waals surface area (Å²) < 4.78 is 37.8. The number of carbonyl (C=O) groups excluding carboxylic acids is 2. The third-order valence-electron chi connectivity index (χ3n) is 6.76. The highest BCUT2D eigenvalue weighted by molar-refractivity contribution is 7.87. The Morgan fingerprint density at radius 2 is 1.68 bits per heavy atom. The van der Waals surface area contributed by atoms with E-state index in [1.54, 1.807) is 18.1 Å². The predicted molar refractivity (Wildman–Crippen MR) is 143 cm³/mol. The van der Waals surface area contributed by atoms with Crippen LogP contribution in [0.5, 0.6) is 5.75 Å². The molecule has 0 spiro atoms. The number of nitrogens with zero attached hydrogens (tertiary/aromatic N) is 2. The van der Waals surface area contributed by atoms with E-state index < -0.39 is 21.5 Å². The second-order valence-electron chi connectivity index (χ2n) is 9.61. The minimum Gasteiger partial charge on any atom is -0.497 e. The zero-order chi connectivity index (χ0) is 27.3. The maximum absolute atomic E-state index is 13.9. The zero-order valence-corrected chi connectivity index (χ0v) is 22.7. The van der Waals surface area contributed by atoms with E-state index in [1.165, 1.54) is 25.7 Å². The van der Waals surface area contributed by atoms with Crippen LogP contribution in [0.4, 0.5) is 0 Å². The molecule has 1 aromatic heterocycles. The Morgan fingerprint density at radius 3 is 2.29 bits per heavy atom. The number of hydrogen-bond acceptors (Lipinski definition) is 6. The normalized spacial score (nSPS) is 14.2. The fraction of sp³-hybridized carbons (Fsp3) is 0.357. The van der Waals surface area contributed by atoms with Crippen molar-refractivity contribution in [3.63, 3.8) is 0 Å². The molecule has 9 nitrogen and oxygen atoms in total. The summed E-state index contributed by atoms with van der Waals surface area (Å²) in [5, 5.41) is 0. The number of hydrogen-bond donors (Lipinski definition) is 1. The maximum atomic E-state index is 13.9. The van der Waals surface area contributed by atoms with Gasteiger partial charge in [-0.3, -0.25) is 9.59 Å². The first-order chi connectivity index (χ1) is 18.1. The minimum absolute atomic E-state index is 0.00770. The predicted octanol–water partition coefficient (Wildman–Crippen LogP) is 3.52. The summed E-state index contributed by atoms with van der Waals surface area (Å²) in [5.41, 5.74) is 1.55. The Morgan fingerprint density at radius 1 is 1.00 bits per heavy atom. The van der Waals surface area contributed by atoms with Crippen LogP contribution in [0.25, 0.3) is 0 Å². The summed E-state index contributed by atoms with van der Waals surface area (Å²) in [6, 6.07) is 20.7. The van der Waals surface area contributed by atoms with Gasteiger partial charge in [-0.05, 0) is 61.1 Å². The van der Waals surface area contributed by atoms with Crippen molar-refractivity contribution in [2.24, 2.45) is 0 Å². The highest BCUT2D eigenvalue weighted by Gasteiger charge is 2.53. The van der Waals surface area contributed by atoms with Crippen molar-refractivity contribution in [1.82, 2.24) is 13.9 Å². The second kappa shape index (κ2) is 11.4. The summed E-state index contributed by atoms with van der Waals surface area (Å²) in [5.74, 6) is 0.126. The molecule has 0 radical (unpaired) electrons. The lowest BCUT2D eigenvalue weighted by Crippen LogP contribution is -2.40. The molecule has 10 heteroatoms. The first-order valence-electron chi connectivity index (χ1n) is 12.5. The van der Waals surface area contributed by atoms with E-state index in [4.69, 9.17) is 9.15 Å². The molecule has 202 valence electrons. The van der Waals surface area contributed by atoms with E-state index in [1.807, 2.05) is 47.2 Å². The molecule has 0 bridgehead atoms. The van der Waals surface area contributed by atoms with Crippen molar-refractivity contribution in [3.8, 4) is 5.75 Å². The Kier molecular flexibility index (Phi) is 8.23. The quantitative estimate of drug-likeness (QED) is 0.377. The fourth-order valence-electron chi connectivity index (χ4n) is 4.37. The van der Waals surface area contributed by atoms with Gasteiger partial charge in [0, 0.05) is 20.6 Å². The van der Waals surface area contributed by atoms with Crippen LogP contribution in [0.15, 0.2) is 71.1 Å². The Hall–Kier alpha value is -3.63. The molecule has 0 saturated heterocycles. The Balaban J connectivity index is 1.51. The number of ether oxygens (including phenoxy) is 1. The van der Waals surface area contributed by atoms with Gasteiger partial charge in [-0.15, -0.1) is 0 Å². The van der Waals surface area contributed by atoms with Gasteiger partial charge in [0.25, 0.3) is 0 Å². The van der Waals surface area contributed by atoms with Crippen LogP contribution >= 0.6 is 0 Å². The number of aryl methyl sites for hydroxylation is 1. The van der Waals surface area contributed by atoms with E-state index in [-0.39, 0.29) is 18.2 Å². The van der Waals surface area contributed by atoms with Crippen LogP contribution in [0.1, 0.15) is 46.7 Å². The van der Waals surface area contributed by atoms with Crippen molar-refractivity contribution in [2.45, 2.75) is 37.6 Å². The lowest BCUT2D eigenvalue weighted by Gasteiger charge is -2.27. The number of furan rings is 1. The van der Waals surface area contributed by atoms with Gasteiger partial charge in [0.05, 0.1) is 19.1 Å². The average molecular weight is 540 g/mol. The van der Waals surface area contributed by atoms with Gasteiger partial charge in [-0.1, -0.05) is 42.5 Å². The highest BCUT2D eigenvalue weighted by atomic mass is 32.2. The van der Waals surface area contributed by atoms with E-state index in [9.17, 15) is 18.0 Å². The average Bonchev–Trinajstić information content (AvgIpc) is 3.59. The molecule has 38 heavy (non-hydrogen) atoms. The van der Waals surface area contributed by atoms with Crippen LogP contribution in [-0.2, 0) is 33.4 Å². The smallest absolute Gasteiger partial charge is 0.303 e. The van der Waals surface area contributed by atoms with Crippen molar-refractivity contribution in [3.05, 3.63) is 89.4 Å². The molecule has 1 saturated carbocycles. The first-order valence-corrected chi connectivity index (χ1v) is 13.9. The lowest BCUT2D eigenvalue weighted by molar-refractivity contribution is -0.135. The van der Waals surface area contributed by atoms with E-state index in [2.05, 4.69) is 12.1 Å². The molecule has 1 N–H and O–H groups in total. The number of rotatable bonds is 12. The Labute approximate surface area is 223 Å². The molecular formula is C28H33N3O6S. The summed E-state index contributed by atoms with van der Waals surface area (Å²) in [6.07, 6.45) is 3.07. The molecule has 0 aliphatic heterocycles. The van der Waals surface area contributed by atoms with Crippen LogP contribution in [0, 0.1) is 0 Å². The van der Waals surface area contributed by atoms with Gasteiger partial charge in [0.15, 0.2) is 5.76 Å². The Bertz CT molecular complexity index is 1360. The molecule has 2 aromatic carbocycles. The molecule has 0 atom stereocenters. The van der Waals surface area contributed by atoms with Gasteiger partial charge >= 0.3 is 16.1 Å². The van der Waals surface area contributed by atoms with Crippen LogP contribution in [-0.4, -0.2) is 57.2 Å². The number of nitrogens with one attached hydrogen (secondary N) is 1. The summed E-state index contributed by atoms with van der Waals surface area (Å²) in [7, 11) is 0.285. The van der Waals surface area contributed by atoms with Crippen molar-refractivity contribution < 1.29 is 27.2 Å². The van der Waals surface area contributed by atoms with E-state index >= 15 is 0 Å². The van der Waals surface area contributed by atoms with Gasteiger partial charge in [0.1, 0.15) is 11.5 Å². The number of carbonyl (C=O) groups is 2. The summed E-state index contributed by atoms with van der Waals surface area (Å²) in [4.78, 5) is 28.1. The van der Waals surface area contributed by atoms with E-state index in [0.29, 0.717) is 12.3 Å². The van der Waals surface area contributed by atoms with E-state index in [0.717, 1.165) is 41.3 Å². The van der Waals surface area contributed by atoms with Gasteiger partial charge in [-0.2, -0.15) is 12.7 Å². The maximum Gasteiger partial charge on any atom is 0.303 e. The van der Waals surface area contributed by atoms with Crippen LogP contribution < -0.4 is 9.46 Å². The number of methoxy groups -OCH3 is 1. The van der Waals surface area contributed by atoms with Gasteiger partial charge < -0.3 is 14.1 Å². The van der Waals surface area contributed by atoms with Crippen molar-refractivity contribution in [1.29, 1.82) is 0 Å². The SMILES string of the molecule is COc1ccc(C2(C(=O)N(CCCc3ccccc3)Cc3ccc(C(=O)NS(=O)(=O)N(C)C)o3)CC2)cc1. The van der Waals surface area contributed by atoms with Crippen molar-refractivity contribution in [2.75, 3.05) is 27.7 Å². The van der Waals surface area contributed by atoms with Crippen LogP contribution in [0.2, 0.25) is 0 Å². The topological polar surface area (TPSA) is 109 Å². The minimum atomic E-state index is -3.96. The molecule has 1 heterocycles. The third kappa shape index (κ3) is 6.25. The molecule has 2 amide bonds. The molecule has 1 aliphatic carbocycles. The fourth-order valence-corrected chi connectivity index (χ4v) is 4.88. The number of amides is 2. The number of benzene rings is 2. The van der Waals surface area contributed by atoms with Gasteiger partial charge in [-0.25, -0.2) is 4.72 Å². The highest BCUT2D eigenvalue weighted by Crippen LogP contribution is 2.50. The molecule has 1 fully saturated rings. The monoisotopic (exact) mass is 539 g/mol. The summed E-state index contributed by atoms with van der Waals surface area (Å²) in [6.45, 7) is 0.669. The van der Waals surface area contributed by atoms with Gasteiger partial charge in [0.2, 0.25) is 5.91 Å². The standard InChI is InChI=1S/C28H33N3O6S/c1-30(2)38(34,35)29-26(32)25-16-15-24(37-25)20-31(19-7-10-21-8-5-4-6-9-21)27(33)28(17-18-28)22-11-13-23(36-3)14-12-22/h4-6,8-9,11-16H,7,10,17-20H2,1-3H3,(H,29,32). The molecule has 4 rings (SSSR count). The first kappa shape index (κ1) is 27.4. The lowest BCUT2D eigenvalue weighted by atomic mass is 9.94. The zero-order valence-electron chi connectivity index (χ0n) is 21.8. The summed E-state index contributed by atoms with van der Waals surface area (Å²) >= 11 is 0. The second-order valence-corrected chi connectivity index (χ2v) is 11.5. The van der Waals surface area contributed by atoms with Crippen LogP contribution in [0.3, 0.4) is 0 Å². The molecule has 0 unspecified atom stereocenters. The van der Waals surface area contributed by atoms with Crippen molar-refractivity contribution >= 4 is 22.0 Å². The molecule has 1 aliphatic rings. The molecular weight excluding hydrogens is 506 g/mol. The third-order valence-corrected chi connectivity index (χ3v) is 8.16. The largest absolute Gasteiger partial charge is 0.497 e.